The van der Waals surface area contributed by atoms with Crippen LogP contribution in [0.1, 0.15) is 37.7 Å². The van der Waals surface area contributed by atoms with Gasteiger partial charge in [-0.2, -0.15) is 0 Å². The number of hydrogen-bond donors (Lipinski definition) is 1. The second kappa shape index (κ2) is 10.4. The van der Waals surface area contributed by atoms with E-state index in [4.69, 9.17) is 15.2 Å². The van der Waals surface area contributed by atoms with E-state index in [9.17, 15) is 9.18 Å². The number of rotatable bonds is 6. The number of nitrogens with zero attached hydrogens (tertiary/aromatic N) is 1. The molecule has 0 radical (unpaired) electrons. The Labute approximate surface area is 166 Å². The van der Waals surface area contributed by atoms with Crippen LogP contribution < -0.4 is 5.73 Å². The number of likely N-dealkylation sites (tertiary alicyclic amines) is 1. The molecule has 1 aromatic rings. The Kier molecular flexibility index (Phi) is 8.48. The number of benzene rings is 1. The van der Waals surface area contributed by atoms with Crippen molar-refractivity contribution in [2.45, 2.75) is 43.6 Å². The average Bonchev–Trinajstić information content (AvgIpc) is 2.69. The van der Waals surface area contributed by atoms with E-state index in [0.29, 0.717) is 52.3 Å². The van der Waals surface area contributed by atoms with Crippen LogP contribution in [0.4, 0.5) is 4.39 Å². The van der Waals surface area contributed by atoms with E-state index in [-0.39, 0.29) is 30.2 Å². The van der Waals surface area contributed by atoms with Gasteiger partial charge >= 0.3 is 0 Å². The van der Waals surface area contributed by atoms with Crippen LogP contribution in [0.5, 0.6) is 0 Å². The summed E-state index contributed by atoms with van der Waals surface area (Å²) in [7, 11) is 0. The van der Waals surface area contributed by atoms with E-state index < -0.39 is 5.41 Å². The Morgan fingerprint density at radius 3 is 2.44 bits per heavy atom. The monoisotopic (exact) mass is 400 g/mol. The van der Waals surface area contributed by atoms with Crippen molar-refractivity contribution in [2.75, 3.05) is 39.5 Å². The molecule has 27 heavy (non-hydrogen) atoms. The Morgan fingerprint density at radius 1 is 1.22 bits per heavy atom. The molecular weight excluding hydrogens is 371 g/mol. The van der Waals surface area contributed by atoms with Crippen molar-refractivity contribution in [2.24, 2.45) is 5.73 Å². The molecule has 2 saturated heterocycles. The maximum atomic E-state index is 13.4. The van der Waals surface area contributed by atoms with Crippen LogP contribution in [0.2, 0.25) is 0 Å². The van der Waals surface area contributed by atoms with Crippen molar-refractivity contribution in [3.63, 3.8) is 0 Å². The lowest BCUT2D eigenvalue weighted by Gasteiger charge is -2.42. The van der Waals surface area contributed by atoms with Crippen molar-refractivity contribution in [3.05, 3.63) is 35.6 Å². The molecule has 7 heteroatoms. The summed E-state index contributed by atoms with van der Waals surface area (Å²) >= 11 is 0. The van der Waals surface area contributed by atoms with E-state index in [2.05, 4.69) is 0 Å². The van der Waals surface area contributed by atoms with Crippen LogP contribution in [0, 0.1) is 5.82 Å². The third-order valence-corrected chi connectivity index (χ3v) is 5.58. The Balaban J connectivity index is 0.00000261. The van der Waals surface area contributed by atoms with Crippen LogP contribution in [0.3, 0.4) is 0 Å². The summed E-state index contributed by atoms with van der Waals surface area (Å²) in [6, 6.07) is 6.39. The lowest BCUT2D eigenvalue weighted by Crippen LogP contribution is -2.52. The summed E-state index contributed by atoms with van der Waals surface area (Å²) in [6.07, 6.45) is 4.07. The lowest BCUT2D eigenvalue weighted by atomic mass is 9.72. The third kappa shape index (κ3) is 5.19. The molecule has 2 heterocycles. The molecule has 0 saturated carbocycles. The molecule has 152 valence electrons. The Bertz CT molecular complexity index is 585. The number of ether oxygens (including phenoxy) is 2. The molecule has 0 aliphatic carbocycles. The number of hydrogen-bond acceptors (Lipinski definition) is 4. The van der Waals surface area contributed by atoms with Gasteiger partial charge in [-0.05, 0) is 56.3 Å². The zero-order valence-electron chi connectivity index (χ0n) is 15.7. The smallest absolute Gasteiger partial charge is 0.233 e. The molecule has 5 nitrogen and oxygen atoms in total. The van der Waals surface area contributed by atoms with Gasteiger partial charge in [-0.15, -0.1) is 12.4 Å². The summed E-state index contributed by atoms with van der Waals surface area (Å²) in [5.74, 6) is -0.133. The highest BCUT2D eigenvalue weighted by Crippen LogP contribution is 2.37. The van der Waals surface area contributed by atoms with Crippen molar-refractivity contribution >= 4 is 18.3 Å². The van der Waals surface area contributed by atoms with Gasteiger partial charge in [0, 0.05) is 32.9 Å². The van der Waals surface area contributed by atoms with Gasteiger partial charge in [0.2, 0.25) is 5.91 Å². The average molecular weight is 401 g/mol. The van der Waals surface area contributed by atoms with Gasteiger partial charge in [-0.25, -0.2) is 4.39 Å². The number of carbonyl (C=O) groups is 1. The van der Waals surface area contributed by atoms with Crippen LogP contribution in [0.25, 0.3) is 0 Å². The molecular formula is C20H30ClFN2O3. The summed E-state index contributed by atoms with van der Waals surface area (Å²) in [6.45, 7) is 3.85. The van der Waals surface area contributed by atoms with Crippen LogP contribution in [-0.2, 0) is 19.7 Å². The van der Waals surface area contributed by atoms with E-state index in [1.807, 2.05) is 4.90 Å². The third-order valence-electron chi connectivity index (χ3n) is 5.58. The molecule has 3 rings (SSSR count). The van der Waals surface area contributed by atoms with E-state index in [1.54, 1.807) is 12.1 Å². The fourth-order valence-corrected chi connectivity index (χ4v) is 3.98. The largest absolute Gasteiger partial charge is 0.381 e. The van der Waals surface area contributed by atoms with E-state index >= 15 is 0 Å². The number of nitrogens with two attached hydrogens (primary N) is 1. The quantitative estimate of drug-likeness (QED) is 0.745. The number of carbonyl (C=O) groups excluding carboxylic acids is 1. The first-order valence-corrected chi connectivity index (χ1v) is 9.60. The maximum Gasteiger partial charge on any atom is 0.233 e. The van der Waals surface area contributed by atoms with E-state index in [1.165, 1.54) is 12.1 Å². The molecule has 0 unspecified atom stereocenters. The van der Waals surface area contributed by atoms with Gasteiger partial charge < -0.3 is 20.1 Å². The fourth-order valence-electron chi connectivity index (χ4n) is 3.98. The molecule has 2 aliphatic heterocycles. The van der Waals surface area contributed by atoms with Crippen molar-refractivity contribution in [1.82, 2.24) is 4.90 Å². The summed E-state index contributed by atoms with van der Waals surface area (Å²) in [5, 5.41) is 0. The molecule has 2 aliphatic rings. The molecule has 0 atom stereocenters. The summed E-state index contributed by atoms with van der Waals surface area (Å²) < 4.78 is 24.7. The first-order chi connectivity index (χ1) is 12.7. The topological polar surface area (TPSA) is 64.8 Å². The van der Waals surface area contributed by atoms with Gasteiger partial charge in [-0.3, -0.25) is 4.79 Å². The van der Waals surface area contributed by atoms with Gasteiger partial charge in [-0.1, -0.05) is 12.1 Å². The highest BCUT2D eigenvalue weighted by atomic mass is 35.5. The van der Waals surface area contributed by atoms with Crippen molar-refractivity contribution in [3.8, 4) is 0 Å². The SMILES string of the molecule is Cl.NCCCOC1CCN(C(=O)C2(c3ccc(F)cc3)CCOCC2)CC1. The maximum absolute atomic E-state index is 13.4. The lowest BCUT2D eigenvalue weighted by molar-refractivity contribution is -0.144. The number of amides is 1. The summed E-state index contributed by atoms with van der Waals surface area (Å²) in [4.78, 5) is 15.4. The van der Waals surface area contributed by atoms with Crippen LogP contribution in [-0.4, -0.2) is 56.4 Å². The first kappa shape index (κ1) is 22.1. The Morgan fingerprint density at radius 2 is 1.85 bits per heavy atom. The van der Waals surface area contributed by atoms with Gasteiger partial charge in [0.1, 0.15) is 5.82 Å². The molecule has 2 fully saturated rings. The van der Waals surface area contributed by atoms with Crippen LogP contribution in [0.15, 0.2) is 24.3 Å². The van der Waals surface area contributed by atoms with Crippen LogP contribution >= 0.6 is 12.4 Å². The predicted octanol–water partition coefficient (Wildman–Crippen LogP) is 2.65. The number of halogens is 2. The van der Waals surface area contributed by atoms with Gasteiger partial charge in [0.05, 0.1) is 11.5 Å². The van der Waals surface area contributed by atoms with Crippen molar-refractivity contribution < 1.29 is 18.7 Å². The predicted molar refractivity (Wildman–Crippen MR) is 105 cm³/mol. The van der Waals surface area contributed by atoms with Gasteiger partial charge in [0.15, 0.2) is 0 Å². The molecule has 0 aromatic heterocycles. The minimum absolute atomic E-state index is 0. The highest BCUT2D eigenvalue weighted by molar-refractivity contribution is 5.88. The van der Waals surface area contributed by atoms with E-state index in [0.717, 1.165) is 24.8 Å². The fraction of sp³-hybridized carbons (Fsp3) is 0.650. The second-order valence-electron chi connectivity index (χ2n) is 7.21. The first-order valence-electron chi connectivity index (χ1n) is 9.60. The molecule has 2 N–H and O–H groups in total. The highest BCUT2D eigenvalue weighted by Gasteiger charge is 2.44. The number of piperidine rings is 1. The standard InChI is InChI=1S/C20H29FN2O3.ClH/c21-17-4-2-16(3-5-17)20(8-14-25-15-9-20)19(24)23-11-6-18(7-12-23)26-13-1-10-22;/h2-5,18H,1,6-15,22H2;1H. The molecule has 0 bridgehead atoms. The normalized spacial score (nSPS) is 20.1. The zero-order chi connectivity index (χ0) is 18.4. The van der Waals surface area contributed by atoms with Crippen molar-refractivity contribution in [1.29, 1.82) is 0 Å². The Hall–Kier alpha value is -1.21. The minimum atomic E-state index is -0.598. The second-order valence-corrected chi connectivity index (χ2v) is 7.21. The molecule has 1 aromatic carbocycles. The minimum Gasteiger partial charge on any atom is -0.381 e. The van der Waals surface area contributed by atoms with Gasteiger partial charge in [0.25, 0.3) is 0 Å². The molecule has 0 spiro atoms. The zero-order valence-corrected chi connectivity index (χ0v) is 16.5. The summed E-state index contributed by atoms with van der Waals surface area (Å²) in [5.41, 5.74) is 5.80. The molecule has 1 amide bonds.